The summed E-state index contributed by atoms with van der Waals surface area (Å²) in [5.74, 6) is 0.120. The molecule has 0 saturated heterocycles. The van der Waals surface area contributed by atoms with Crippen molar-refractivity contribution in [2.75, 3.05) is 6.61 Å². The minimum atomic E-state index is -0.986. The third-order valence-corrected chi connectivity index (χ3v) is 2.45. The standard InChI is InChI=1S/C8H15NO3/c10-5-6-3-1-2-4-7(6)9-8(11)12/h6-7,9-10H,1-5H2,(H,11,12)/t6-,7-/m0/s1. The normalized spacial score (nSPS) is 29.8. The maximum Gasteiger partial charge on any atom is 0.404 e. The lowest BCUT2D eigenvalue weighted by Crippen LogP contribution is -2.42. The Kier molecular flexibility index (Phi) is 3.34. The summed E-state index contributed by atoms with van der Waals surface area (Å²) in [6.07, 6.45) is 2.96. The largest absolute Gasteiger partial charge is 0.465 e. The molecule has 4 heteroatoms. The van der Waals surface area contributed by atoms with Gasteiger partial charge in [-0.05, 0) is 12.8 Å². The van der Waals surface area contributed by atoms with E-state index in [1.807, 2.05) is 0 Å². The summed E-state index contributed by atoms with van der Waals surface area (Å²) < 4.78 is 0. The van der Waals surface area contributed by atoms with E-state index in [2.05, 4.69) is 5.32 Å². The molecule has 1 rings (SSSR count). The van der Waals surface area contributed by atoms with Crippen molar-refractivity contribution in [2.45, 2.75) is 31.7 Å². The minimum absolute atomic E-state index is 0.0405. The Morgan fingerprint density at radius 1 is 1.42 bits per heavy atom. The van der Waals surface area contributed by atoms with Crippen molar-refractivity contribution in [3.63, 3.8) is 0 Å². The van der Waals surface area contributed by atoms with Gasteiger partial charge in [0.05, 0.1) is 0 Å². The van der Waals surface area contributed by atoms with Crippen LogP contribution in [0.3, 0.4) is 0 Å². The molecule has 0 bridgehead atoms. The van der Waals surface area contributed by atoms with Crippen LogP contribution < -0.4 is 5.32 Å². The number of carbonyl (C=O) groups is 1. The van der Waals surface area contributed by atoms with Crippen LogP contribution in [0.5, 0.6) is 0 Å². The van der Waals surface area contributed by atoms with Crippen molar-refractivity contribution in [1.82, 2.24) is 5.32 Å². The van der Waals surface area contributed by atoms with Crippen molar-refractivity contribution in [3.05, 3.63) is 0 Å². The molecule has 70 valence electrons. The fourth-order valence-electron chi connectivity index (χ4n) is 1.77. The zero-order chi connectivity index (χ0) is 8.97. The highest BCUT2D eigenvalue weighted by atomic mass is 16.4. The number of rotatable bonds is 2. The van der Waals surface area contributed by atoms with Gasteiger partial charge in [-0.25, -0.2) is 4.79 Å². The summed E-state index contributed by atoms with van der Waals surface area (Å²) in [5.41, 5.74) is 0. The molecule has 0 unspecified atom stereocenters. The molecular weight excluding hydrogens is 158 g/mol. The molecule has 0 aliphatic heterocycles. The second kappa shape index (κ2) is 4.30. The van der Waals surface area contributed by atoms with Crippen LogP contribution in [0.2, 0.25) is 0 Å². The van der Waals surface area contributed by atoms with Crippen LogP contribution in [-0.2, 0) is 0 Å². The zero-order valence-electron chi connectivity index (χ0n) is 6.99. The number of aliphatic hydroxyl groups is 1. The second-order valence-corrected chi connectivity index (χ2v) is 3.28. The van der Waals surface area contributed by atoms with E-state index in [-0.39, 0.29) is 18.6 Å². The van der Waals surface area contributed by atoms with E-state index in [1.54, 1.807) is 0 Å². The number of amides is 1. The van der Waals surface area contributed by atoms with E-state index >= 15 is 0 Å². The van der Waals surface area contributed by atoms with Crippen molar-refractivity contribution in [1.29, 1.82) is 0 Å². The number of nitrogens with one attached hydrogen (secondary N) is 1. The maximum atomic E-state index is 10.3. The number of hydrogen-bond acceptors (Lipinski definition) is 2. The lowest BCUT2D eigenvalue weighted by atomic mass is 9.85. The average Bonchev–Trinajstić information content (AvgIpc) is 2.04. The molecule has 4 nitrogen and oxygen atoms in total. The van der Waals surface area contributed by atoms with E-state index in [9.17, 15) is 4.79 Å². The highest BCUT2D eigenvalue weighted by Crippen LogP contribution is 2.23. The molecule has 0 aromatic heterocycles. The van der Waals surface area contributed by atoms with Crippen LogP contribution in [0.4, 0.5) is 4.79 Å². The summed E-state index contributed by atoms with van der Waals surface area (Å²) in [7, 11) is 0. The predicted octanol–water partition coefficient (Wildman–Crippen LogP) is 0.805. The van der Waals surface area contributed by atoms with Gasteiger partial charge in [0.2, 0.25) is 0 Å². The quantitative estimate of drug-likeness (QED) is 0.578. The summed E-state index contributed by atoms with van der Waals surface area (Å²) >= 11 is 0. The highest BCUT2D eigenvalue weighted by molar-refractivity contribution is 5.64. The van der Waals surface area contributed by atoms with E-state index < -0.39 is 6.09 Å². The van der Waals surface area contributed by atoms with Crippen LogP contribution in [0, 0.1) is 5.92 Å². The summed E-state index contributed by atoms with van der Waals surface area (Å²) in [5, 5.41) is 19.9. The average molecular weight is 173 g/mol. The van der Waals surface area contributed by atoms with Gasteiger partial charge >= 0.3 is 6.09 Å². The van der Waals surface area contributed by atoms with Crippen LogP contribution in [-0.4, -0.2) is 29.0 Å². The Hall–Kier alpha value is -0.770. The molecular formula is C8H15NO3. The Balaban J connectivity index is 2.41. The first kappa shape index (κ1) is 9.32. The molecule has 0 spiro atoms. The topological polar surface area (TPSA) is 69.6 Å². The predicted molar refractivity (Wildman–Crippen MR) is 44.0 cm³/mol. The van der Waals surface area contributed by atoms with E-state index in [4.69, 9.17) is 10.2 Å². The molecule has 0 radical (unpaired) electrons. The smallest absolute Gasteiger partial charge is 0.404 e. The van der Waals surface area contributed by atoms with Crippen LogP contribution >= 0.6 is 0 Å². The van der Waals surface area contributed by atoms with Gasteiger partial charge in [0, 0.05) is 18.6 Å². The molecule has 1 aliphatic rings. The first-order valence-electron chi connectivity index (χ1n) is 4.34. The number of hydrogen-bond donors (Lipinski definition) is 3. The van der Waals surface area contributed by atoms with Crippen molar-refractivity contribution >= 4 is 6.09 Å². The fourth-order valence-corrected chi connectivity index (χ4v) is 1.77. The van der Waals surface area contributed by atoms with Gasteiger partial charge in [0.25, 0.3) is 0 Å². The van der Waals surface area contributed by atoms with E-state index in [0.717, 1.165) is 25.7 Å². The molecule has 2 atom stereocenters. The minimum Gasteiger partial charge on any atom is -0.465 e. The maximum absolute atomic E-state index is 10.3. The van der Waals surface area contributed by atoms with Gasteiger partial charge in [0.15, 0.2) is 0 Å². The lowest BCUT2D eigenvalue weighted by Gasteiger charge is -2.29. The van der Waals surface area contributed by atoms with Gasteiger partial charge in [-0.3, -0.25) is 0 Å². The molecule has 0 aromatic carbocycles. The summed E-state index contributed by atoms with van der Waals surface area (Å²) in [4.78, 5) is 10.3. The van der Waals surface area contributed by atoms with E-state index in [1.165, 1.54) is 0 Å². The van der Waals surface area contributed by atoms with Crippen LogP contribution in [0.25, 0.3) is 0 Å². The van der Waals surface area contributed by atoms with Gasteiger partial charge in [-0.15, -0.1) is 0 Å². The molecule has 1 aliphatic carbocycles. The van der Waals surface area contributed by atoms with Crippen LogP contribution in [0.15, 0.2) is 0 Å². The third kappa shape index (κ3) is 2.37. The van der Waals surface area contributed by atoms with Gasteiger partial charge in [-0.1, -0.05) is 12.8 Å². The van der Waals surface area contributed by atoms with Crippen molar-refractivity contribution < 1.29 is 15.0 Å². The second-order valence-electron chi connectivity index (χ2n) is 3.28. The molecule has 12 heavy (non-hydrogen) atoms. The van der Waals surface area contributed by atoms with Crippen molar-refractivity contribution in [3.8, 4) is 0 Å². The molecule has 0 heterocycles. The molecule has 1 amide bonds. The third-order valence-electron chi connectivity index (χ3n) is 2.45. The van der Waals surface area contributed by atoms with Gasteiger partial charge in [0.1, 0.15) is 0 Å². The SMILES string of the molecule is O=C(O)N[C@H]1CCCC[C@H]1CO. The first-order chi connectivity index (χ1) is 5.74. The Labute approximate surface area is 71.6 Å². The van der Waals surface area contributed by atoms with Gasteiger partial charge < -0.3 is 15.5 Å². The zero-order valence-corrected chi connectivity index (χ0v) is 6.99. The first-order valence-corrected chi connectivity index (χ1v) is 4.34. The Bertz CT molecular complexity index is 160. The molecule has 1 saturated carbocycles. The Morgan fingerprint density at radius 3 is 2.67 bits per heavy atom. The molecule has 3 N–H and O–H groups in total. The molecule has 1 fully saturated rings. The lowest BCUT2D eigenvalue weighted by molar-refractivity contribution is 0.140. The Morgan fingerprint density at radius 2 is 2.08 bits per heavy atom. The van der Waals surface area contributed by atoms with Gasteiger partial charge in [-0.2, -0.15) is 0 Å². The van der Waals surface area contributed by atoms with E-state index in [0.29, 0.717) is 0 Å². The number of carboxylic acid groups (broad SMARTS) is 1. The fraction of sp³-hybridized carbons (Fsp3) is 0.875. The number of aliphatic hydroxyl groups excluding tert-OH is 1. The van der Waals surface area contributed by atoms with Crippen molar-refractivity contribution in [2.24, 2.45) is 5.92 Å². The highest BCUT2D eigenvalue weighted by Gasteiger charge is 2.25. The summed E-state index contributed by atoms with van der Waals surface area (Å²) in [6.45, 7) is 0.0882. The monoisotopic (exact) mass is 173 g/mol. The molecule has 0 aromatic rings. The van der Waals surface area contributed by atoms with Crippen LogP contribution in [0.1, 0.15) is 25.7 Å². The summed E-state index contributed by atoms with van der Waals surface area (Å²) in [6, 6.07) is -0.0405.